The van der Waals surface area contributed by atoms with Crippen LogP contribution in [0.4, 0.5) is 0 Å². The minimum absolute atomic E-state index is 0.109. The van der Waals surface area contributed by atoms with Crippen molar-refractivity contribution in [3.8, 4) is 0 Å². The molecule has 1 atom stereocenters. The summed E-state index contributed by atoms with van der Waals surface area (Å²) < 4.78 is 16.7. The molecule has 0 aliphatic rings. The van der Waals surface area contributed by atoms with Crippen molar-refractivity contribution in [2.75, 3.05) is 13.2 Å². The molecule has 0 aliphatic carbocycles. The summed E-state index contributed by atoms with van der Waals surface area (Å²) in [5.74, 6) is -0.996. The van der Waals surface area contributed by atoms with Crippen molar-refractivity contribution in [1.82, 2.24) is 0 Å². The zero-order valence-corrected chi connectivity index (χ0v) is 47.7. The minimum atomic E-state index is -0.815. The maximum atomic E-state index is 12.8. The summed E-state index contributed by atoms with van der Waals surface area (Å²) in [5.41, 5.74) is 0. The van der Waals surface area contributed by atoms with Crippen LogP contribution in [0.25, 0.3) is 0 Å². The molecule has 0 aromatic heterocycles. The number of carbonyl (C=O) groups excluding carboxylic acids is 3. The summed E-state index contributed by atoms with van der Waals surface area (Å²) in [7, 11) is 0. The van der Waals surface area contributed by atoms with Crippen LogP contribution in [0.2, 0.25) is 0 Å². The number of hydrogen-bond donors (Lipinski definition) is 0. The highest BCUT2D eigenvalue weighted by Crippen LogP contribution is 2.12. The SMILES string of the molecule is CC/C=C\C/C=C\C/C=C\C/C=C\C/C=C\C/C=C\C/C=C\C/C=C\C/C=C\C/C=C\CCCCCCC(=O)OCC(COC(=O)CCCCCCCCC)OC(=O)CCCC/C=C\C/C=C\C/C=C\C/C=C\CC. The van der Waals surface area contributed by atoms with E-state index >= 15 is 0 Å². The lowest BCUT2D eigenvalue weighted by molar-refractivity contribution is -0.167. The molecule has 0 aliphatic heterocycles. The number of carbonyl (C=O) groups is 3. The zero-order chi connectivity index (χ0) is 54.3. The molecule has 0 bridgehead atoms. The smallest absolute Gasteiger partial charge is 0.306 e. The monoisotopic (exact) mass is 1030 g/mol. The lowest BCUT2D eigenvalue weighted by Crippen LogP contribution is -2.30. The van der Waals surface area contributed by atoms with E-state index < -0.39 is 6.10 Å². The van der Waals surface area contributed by atoms with Gasteiger partial charge in [0.15, 0.2) is 6.10 Å². The number of unbranched alkanes of at least 4 members (excludes halogenated alkanes) is 12. The van der Waals surface area contributed by atoms with Crippen LogP contribution in [-0.2, 0) is 28.6 Å². The van der Waals surface area contributed by atoms with Crippen LogP contribution in [0.3, 0.4) is 0 Å². The molecule has 0 N–H and O–H groups in total. The lowest BCUT2D eigenvalue weighted by Gasteiger charge is -2.18. The summed E-state index contributed by atoms with van der Waals surface area (Å²) in [4.78, 5) is 37.9. The summed E-state index contributed by atoms with van der Waals surface area (Å²) in [6, 6.07) is 0. The third-order valence-electron chi connectivity index (χ3n) is 11.7. The van der Waals surface area contributed by atoms with E-state index in [1.165, 1.54) is 25.7 Å². The summed E-state index contributed by atoms with van der Waals surface area (Å²) >= 11 is 0. The highest BCUT2D eigenvalue weighted by Gasteiger charge is 2.19. The number of rotatable bonds is 51. The van der Waals surface area contributed by atoms with E-state index in [0.29, 0.717) is 19.3 Å². The fourth-order valence-corrected chi connectivity index (χ4v) is 7.34. The molecule has 0 heterocycles. The molecule has 6 heteroatoms. The topological polar surface area (TPSA) is 78.9 Å². The Morgan fingerprint density at radius 3 is 0.840 bits per heavy atom. The second-order valence-corrected chi connectivity index (χ2v) is 18.8. The van der Waals surface area contributed by atoms with Crippen molar-refractivity contribution in [3.05, 3.63) is 170 Å². The van der Waals surface area contributed by atoms with Gasteiger partial charge in [0, 0.05) is 19.3 Å². The molecule has 0 aromatic rings. The first kappa shape index (κ1) is 69.8. The van der Waals surface area contributed by atoms with Crippen molar-refractivity contribution >= 4 is 17.9 Å². The first-order valence-electron chi connectivity index (χ1n) is 29.6. The van der Waals surface area contributed by atoms with Crippen LogP contribution < -0.4 is 0 Å². The molecular formula is C69H106O6. The van der Waals surface area contributed by atoms with Crippen LogP contribution >= 0.6 is 0 Å². The largest absolute Gasteiger partial charge is 0.462 e. The number of esters is 3. The predicted octanol–water partition coefficient (Wildman–Crippen LogP) is 20.3. The van der Waals surface area contributed by atoms with Gasteiger partial charge in [0.2, 0.25) is 0 Å². The molecule has 0 rings (SSSR count). The molecule has 418 valence electrons. The Labute approximate surface area is 460 Å². The average Bonchev–Trinajstić information content (AvgIpc) is 3.41. The van der Waals surface area contributed by atoms with Crippen LogP contribution in [0, 0.1) is 0 Å². The van der Waals surface area contributed by atoms with E-state index in [1.807, 2.05) is 0 Å². The first-order chi connectivity index (χ1) is 37.0. The number of allylic oxidation sites excluding steroid dienone is 28. The Hall–Kier alpha value is -5.23. The van der Waals surface area contributed by atoms with Gasteiger partial charge in [0.1, 0.15) is 13.2 Å². The normalized spacial score (nSPS) is 13.4. The molecule has 1 unspecified atom stereocenters. The predicted molar refractivity (Wildman–Crippen MR) is 325 cm³/mol. The molecule has 0 fully saturated rings. The van der Waals surface area contributed by atoms with Gasteiger partial charge in [-0.25, -0.2) is 0 Å². The van der Waals surface area contributed by atoms with Crippen molar-refractivity contribution in [3.63, 3.8) is 0 Å². The lowest BCUT2D eigenvalue weighted by atomic mass is 10.1. The Kier molecular flexibility index (Phi) is 57.0. The zero-order valence-electron chi connectivity index (χ0n) is 47.7. The first-order valence-corrected chi connectivity index (χ1v) is 29.6. The van der Waals surface area contributed by atoms with E-state index in [-0.39, 0.29) is 37.5 Å². The second kappa shape index (κ2) is 61.3. The van der Waals surface area contributed by atoms with Crippen molar-refractivity contribution < 1.29 is 28.6 Å². The highest BCUT2D eigenvalue weighted by atomic mass is 16.6. The Morgan fingerprint density at radius 1 is 0.280 bits per heavy atom. The average molecular weight is 1030 g/mol. The molecule has 0 amide bonds. The van der Waals surface area contributed by atoms with E-state index in [9.17, 15) is 14.4 Å². The Bertz CT molecular complexity index is 1750. The van der Waals surface area contributed by atoms with Gasteiger partial charge in [-0.05, 0) is 135 Å². The summed E-state index contributed by atoms with van der Waals surface area (Å²) in [6.07, 6.45) is 91.0. The van der Waals surface area contributed by atoms with Gasteiger partial charge < -0.3 is 14.2 Å². The van der Waals surface area contributed by atoms with E-state index in [4.69, 9.17) is 14.2 Å². The quantitative estimate of drug-likeness (QED) is 0.0261. The van der Waals surface area contributed by atoms with Crippen molar-refractivity contribution in [2.24, 2.45) is 0 Å². The van der Waals surface area contributed by atoms with Crippen molar-refractivity contribution in [2.45, 2.75) is 232 Å². The summed E-state index contributed by atoms with van der Waals surface area (Å²) in [5, 5.41) is 0. The second-order valence-electron chi connectivity index (χ2n) is 18.8. The number of ether oxygens (including phenoxy) is 3. The van der Waals surface area contributed by atoms with Gasteiger partial charge >= 0.3 is 17.9 Å². The number of hydrogen-bond acceptors (Lipinski definition) is 6. The molecular weight excluding hydrogens is 925 g/mol. The maximum Gasteiger partial charge on any atom is 0.306 e. The van der Waals surface area contributed by atoms with Gasteiger partial charge in [-0.1, -0.05) is 242 Å². The fourth-order valence-electron chi connectivity index (χ4n) is 7.34. The Morgan fingerprint density at radius 2 is 0.520 bits per heavy atom. The van der Waals surface area contributed by atoms with Crippen LogP contribution in [0.1, 0.15) is 226 Å². The molecule has 0 radical (unpaired) electrons. The molecule has 0 spiro atoms. The fraction of sp³-hybridized carbons (Fsp3) is 0.551. The summed E-state index contributed by atoms with van der Waals surface area (Å²) in [6.45, 7) is 6.28. The third-order valence-corrected chi connectivity index (χ3v) is 11.7. The molecule has 0 saturated heterocycles. The van der Waals surface area contributed by atoms with Gasteiger partial charge in [0.05, 0.1) is 0 Å². The van der Waals surface area contributed by atoms with Crippen LogP contribution in [-0.4, -0.2) is 37.2 Å². The minimum Gasteiger partial charge on any atom is -0.462 e. The molecule has 75 heavy (non-hydrogen) atoms. The van der Waals surface area contributed by atoms with Gasteiger partial charge in [-0.2, -0.15) is 0 Å². The van der Waals surface area contributed by atoms with Gasteiger partial charge in [0.25, 0.3) is 0 Å². The van der Waals surface area contributed by atoms with E-state index in [1.54, 1.807) is 0 Å². The van der Waals surface area contributed by atoms with E-state index in [0.717, 1.165) is 154 Å². The molecule has 0 saturated carbocycles. The molecule has 0 aromatic carbocycles. The maximum absolute atomic E-state index is 12.8. The Balaban J connectivity index is 4.25. The standard InChI is InChI=1S/C69H106O6/c1-4-7-10-13-16-18-20-22-24-25-26-27-28-29-30-31-32-33-34-35-36-37-38-39-40-41-42-43-45-46-48-50-53-56-59-62-68(71)74-65-66(64-73-67(70)61-58-55-52-15-12-9-6-3)75-69(72)63-60-57-54-51-49-47-44-23-21-19-17-14-11-8-5-2/h7-8,10-11,16-19,22-24,26-27,29-30,32-33,35-36,38-39,41-42,44-46,49,51,66H,4-6,9,12-15,20-21,25,28,31,34,37,40,43,47-48,50,52-65H2,1-3H3/b10-7-,11-8-,18-16-,19-17-,24-22-,27-26-,30-29-,33-32-,36-35-,39-38-,42-41-,44-23-,46-45-,51-49-. The van der Waals surface area contributed by atoms with Crippen molar-refractivity contribution in [1.29, 1.82) is 0 Å². The van der Waals surface area contributed by atoms with E-state index in [2.05, 4.69) is 191 Å². The van der Waals surface area contributed by atoms with Gasteiger partial charge in [-0.15, -0.1) is 0 Å². The van der Waals surface area contributed by atoms with Crippen LogP contribution in [0.5, 0.6) is 0 Å². The highest BCUT2D eigenvalue weighted by molar-refractivity contribution is 5.71. The van der Waals surface area contributed by atoms with Crippen LogP contribution in [0.15, 0.2) is 170 Å². The molecule has 6 nitrogen and oxygen atoms in total. The van der Waals surface area contributed by atoms with Gasteiger partial charge in [-0.3, -0.25) is 14.4 Å². The third kappa shape index (κ3) is 59.5.